The first-order valence-electron chi connectivity index (χ1n) is 10.2. The molecule has 2 heterocycles. The number of anilines is 2. The van der Waals surface area contributed by atoms with Crippen LogP contribution in [0.1, 0.15) is 32.4 Å². The maximum Gasteiger partial charge on any atom is 0.311 e. The predicted octanol–water partition coefficient (Wildman–Crippen LogP) is 3.64. The van der Waals surface area contributed by atoms with E-state index < -0.39 is 23.6 Å². The van der Waals surface area contributed by atoms with Gasteiger partial charge in [-0.05, 0) is 43.7 Å². The van der Waals surface area contributed by atoms with Crippen LogP contribution in [0.5, 0.6) is 0 Å². The Balaban J connectivity index is 1.31. The van der Waals surface area contributed by atoms with Crippen LogP contribution in [0.3, 0.4) is 0 Å². The Morgan fingerprint density at radius 1 is 1.18 bits per heavy atom. The molecule has 33 heavy (non-hydrogen) atoms. The molecule has 4 rings (SSSR count). The Labute approximate surface area is 193 Å². The van der Waals surface area contributed by atoms with Gasteiger partial charge in [-0.15, -0.1) is 10.2 Å². The average Bonchev–Trinajstić information content (AvgIpc) is 3.42. The second-order valence-electron chi connectivity index (χ2n) is 7.77. The highest BCUT2D eigenvalue weighted by Gasteiger charge is 2.36. The summed E-state index contributed by atoms with van der Waals surface area (Å²) in [4.78, 5) is 38.5. The first-order chi connectivity index (χ1) is 15.8. The van der Waals surface area contributed by atoms with E-state index in [-0.39, 0.29) is 30.5 Å². The number of hydrogen-bond acceptors (Lipinski definition) is 7. The van der Waals surface area contributed by atoms with E-state index in [1.807, 2.05) is 19.1 Å². The molecule has 10 heteroatoms. The van der Waals surface area contributed by atoms with Crippen LogP contribution in [0.15, 0.2) is 42.5 Å². The molecule has 1 saturated heterocycles. The summed E-state index contributed by atoms with van der Waals surface area (Å²) in [5.41, 5.74) is 2.60. The SMILES string of the molecule is Cc1ccc(NC(=O)c2nnc(COC(=O)[C@H]3CC(=O)N(c4ccc(C)c(F)c4)C3)s2)cc1. The number of benzene rings is 2. The summed E-state index contributed by atoms with van der Waals surface area (Å²) in [6, 6.07) is 11.9. The number of aromatic nitrogens is 2. The zero-order valence-electron chi connectivity index (χ0n) is 18.0. The summed E-state index contributed by atoms with van der Waals surface area (Å²) < 4.78 is 19.1. The van der Waals surface area contributed by atoms with E-state index in [4.69, 9.17) is 4.74 Å². The summed E-state index contributed by atoms with van der Waals surface area (Å²) in [6.45, 7) is 3.54. The highest BCUT2D eigenvalue weighted by molar-refractivity contribution is 7.13. The van der Waals surface area contributed by atoms with Crippen molar-refractivity contribution in [3.63, 3.8) is 0 Å². The van der Waals surface area contributed by atoms with Gasteiger partial charge in [0.05, 0.1) is 5.92 Å². The van der Waals surface area contributed by atoms with Gasteiger partial charge >= 0.3 is 5.97 Å². The second kappa shape index (κ2) is 9.45. The minimum atomic E-state index is -0.668. The van der Waals surface area contributed by atoms with Crippen LogP contribution in [0.25, 0.3) is 0 Å². The van der Waals surface area contributed by atoms with Gasteiger partial charge in [-0.3, -0.25) is 14.4 Å². The summed E-state index contributed by atoms with van der Waals surface area (Å²) in [5, 5.41) is 11.0. The van der Waals surface area contributed by atoms with Crippen molar-refractivity contribution in [3.8, 4) is 0 Å². The van der Waals surface area contributed by atoms with E-state index in [0.29, 0.717) is 21.9 Å². The van der Waals surface area contributed by atoms with Gasteiger partial charge in [0, 0.05) is 24.3 Å². The lowest BCUT2D eigenvalue weighted by Gasteiger charge is -2.17. The van der Waals surface area contributed by atoms with Crippen molar-refractivity contribution in [1.29, 1.82) is 0 Å². The number of aryl methyl sites for hydroxylation is 2. The van der Waals surface area contributed by atoms with Gasteiger partial charge in [-0.1, -0.05) is 35.1 Å². The lowest BCUT2D eigenvalue weighted by atomic mass is 10.1. The summed E-state index contributed by atoms with van der Waals surface area (Å²) in [5.74, 6) is -2.31. The Bertz CT molecular complexity index is 1210. The van der Waals surface area contributed by atoms with Crippen molar-refractivity contribution in [2.45, 2.75) is 26.9 Å². The molecule has 1 fully saturated rings. The quantitative estimate of drug-likeness (QED) is 0.555. The minimum Gasteiger partial charge on any atom is -0.458 e. The van der Waals surface area contributed by atoms with E-state index in [2.05, 4.69) is 15.5 Å². The van der Waals surface area contributed by atoms with Crippen LogP contribution in [0.2, 0.25) is 0 Å². The Kier molecular flexibility index (Phi) is 6.45. The fourth-order valence-corrected chi connectivity index (χ4v) is 3.99. The zero-order chi connectivity index (χ0) is 23.5. The van der Waals surface area contributed by atoms with Gasteiger partial charge in [0.15, 0.2) is 5.01 Å². The van der Waals surface area contributed by atoms with Gasteiger partial charge in [-0.2, -0.15) is 0 Å². The maximum atomic E-state index is 13.9. The molecular formula is C23H21FN4O4S. The number of hydrogen-bond donors (Lipinski definition) is 1. The normalized spacial score (nSPS) is 15.5. The van der Waals surface area contributed by atoms with Crippen molar-refractivity contribution >= 4 is 40.5 Å². The molecule has 0 radical (unpaired) electrons. The van der Waals surface area contributed by atoms with Crippen LogP contribution < -0.4 is 10.2 Å². The molecule has 0 unspecified atom stereocenters. The molecule has 0 spiro atoms. The number of nitrogens with one attached hydrogen (secondary N) is 1. The molecule has 3 aromatic rings. The van der Waals surface area contributed by atoms with Gasteiger partial charge in [0.25, 0.3) is 5.91 Å². The van der Waals surface area contributed by atoms with Crippen molar-refractivity contribution < 1.29 is 23.5 Å². The fraction of sp³-hybridized carbons (Fsp3) is 0.261. The largest absolute Gasteiger partial charge is 0.458 e. The molecule has 1 aliphatic heterocycles. The number of ether oxygens (including phenoxy) is 1. The topological polar surface area (TPSA) is 101 Å². The fourth-order valence-electron chi connectivity index (χ4n) is 3.34. The third-order valence-corrected chi connectivity index (χ3v) is 6.13. The number of carbonyl (C=O) groups is 3. The number of amides is 2. The number of esters is 1. The van der Waals surface area contributed by atoms with Crippen molar-refractivity contribution in [3.05, 3.63) is 69.4 Å². The molecular weight excluding hydrogens is 447 g/mol. The van der Waals surface area contributed by atoms with E-state index in [1.54, 1.807) is 31.2 Å². The van der Waals surface area contributed by atoms with E-state index in [0.717, 1.165) is 16.9 Å². The van der Waals surface area contributed by atoms with E-state index >= 15 is 0 Å². The number of carbonyl (C=O) groups excluding carboxylic acids is 3. The highest BCUT2D eigenvalue weighted by Crippen LogP contribution is 2.27. The molecule has 170 valence electrons. The van der Waals surface area contributed by atoms with Gasteiger partial charge in [0.2, 0.25) is 10.9 Å². The summed E-state index contributed by atoms with van der Waals surface area (Å²) >= 11 is 1.02. The van der Waals surface area contributed by atoms with Gasteiger partial charge in [-0.25, -0.2) is 4.39 Å². The van der Waals surface area contributed by atoms with Crippen LogP contribution in [-0.4, -0.2) is 34.5 Å². The lowest BCUT2D eigenvalue weighted by molar-refractivity contribution is -0.149. The summed E-state index contributed by atoms with van der Waals surface area (Å²) in [7, 11) is 0. The smallest absolute Gasteiger partial charge is 0.311 e. The molecule has 0 bridgehead atoms. The Morgan fingerprint density at radius 2 is 1.94 bits per heavy atom. The maximum absolute atomic E-state index is 13.9. The number of rotatable bonds is 6. The molecule has 2 aromatic carbocycles. The van der Waals surface area contributed by atoms with E-state index in [1.165, 1.54) is 11.0 Å². The number of halogens is 1. The molecule has 1 atom stereocenters. The highest BCUT2D eigenvalue weighted by atomic mass is 32.1. The van der Waals surface area contributed by atoms with Crippen LogP contribution in [-0.2, 0) is 20.9 Å². The molecule has 2 amide bonds. The third kappa shape index (κ3) is 5.23. The number of nitrogens with zero attached hydrogens (tertiary/aromatic N) is 3. The van der Waals surface area contributed by atoms with Crippen LogP contribution in [0.4, 0.5) is 15.8 Å². The second-order valence-corrected chi connectivity index (χ2v) is 8.83. The molecule has 1 aromatic heterocycles. The molecule has 1 N–H and O–H groups in total. The van der Waals surface area contributed by atoms with Crippen molar-refractivity contribution in [2.24, 2.45) is 5.92 Å². The van der Waals surface area contributed by atoms with Crippen molar-refractivity contribution in [2.75, 3.05) is 16.8 Å². The van der Waals surface area contributed by atoms with Crippen LogP contribution in [0, 0.1) is 25.6 Å². The summed E-state index contributed by atoms with van der Waals surface area (Å²) in [6.07, 6.45) is -0.0192. The van der Waals surface area contributed by atoms with Crippen LogP contribution >= 0.6 is 11.3 Å². The first-order valence-corrected chi connectivity index (χ1v) is 11.1. The van der Waals surface area contributed by atoms with Gasteiger partial charge in [0.1, 0.15) is 12.4 Å². The average molecular weight is 469 g/mol. The standard InChI is InChI=1S/C23H21FN4O4S/c1-13-3-6-16(7-4-13)25-21(30)22-27-26-19(33-22)12-32-23(31)15-9-20(29)28(11-15)17-8-5-14(2)18(24)10-17/h3-8,10,15H,9,11-12H2,1-2H3,(H,25,30)/t15-/m0/s1. The minimum absolute atomic E-state index is 0.0192. The lowest BCUT2D eigenvalue weighted by Crippen LogP contribution is -2.26. The zero-order valence-corrected chi connectivity index (χ0v) is 18.8. The monoisotopic (exact) mass is 468 g/mol. The Morgan fingerprint density at radius 3 is 2.67 bits per heavy atom. The predicted molar refractivity (Wildman–Crippen MR) is 120 cm³/mol. The molecule has 0 aliphatic carbocycles. The molecule has 0 saturated carbocycles. The first kappa shape index (κ1) is 22.5. The van der Waals surface area contributed by atoms with Crippen molar-refractivity contribution in [1.82, 2.24) is 10.2 Å². The molecule has 8 nitrogen and oxygen atoms in total. The molecule has 1 aliphatic rings. The Hall–Kier alpha value is -3.66. The van der Waals surface area contributed by atoms with E-state index in [9.17, 15) is 18.8 Å². The van der Waals surface area contributed by atoms with Gasteiger partial charge < -0.3 is 15.0 Å². The third-order valence-electron chi connectivity index (χ3n) is 5.23.